The van der Waals surface area contributed by atoms with E-state index < -0.39 is 0 Å². The molecule has 2 aromatic rings. The molecule has 0 bridgehead atoms. The molecule has 21 heavy (non-hydrogen) atoms. The maximum atomic E-state index is 5.67. The first kappa shape index (κ1) is 21.1. The van der Waals surface area contributed by atoms with Crippen molar-refractivity contribution < 1.29 is 39.8 Å². The Hall–Kier alpha value is 0.0800. The summed E-state index contributed by atoms with van der Waals surface area (Å²) in [4.78, 5) is 7.91. The van der Waals surface area contributed by atoms with Crippen molar-refractivity contribution in [1.82, 2.24) is 9.97 Å². The number of nitrogens with one attached hydrogen (secondary N) is 1. The zero-order valence-electron chi connectivity index (χ0n) is 12.8. The van der Waals surface area contributed by atoms with Gasteiger partial charge in [0.05, 0.1) is 18.9 Å². The van der Waals surface area contributed by atoms with Crippen LogP contribution in [0.4, 0.5) is 0 Å². The number of imidazole rings is 1. The summed E-state index contributed by atoms with van der Waals surface area (Å²) in [7, 11) is 0. The van der Waals surface area contributed by atoms with Crippen molar-refractivity contribution in [2.45, 2.75) is 32.8 Å². The summed E-state index contributed by atoms with van der Waals surface area (Å²) in [5, 5.41) is 0. The summed E-state index contributed by atoms with van der Waals surface area (Å²) in [6.45, 7) is 5.70. The monoisotopic (exact) mass is 410 g/mol. The van der Waals surface area contributed by atoms with Crippen LogP contribution in [0.2, 0.25) is 0 Å². The number of H-pyrrole nitrogens is 1. The van der Waals surface area contributed by atoms with E-state index in [0.29, 0.717) is 19.1 Å². The van der Waals surface area contributed by atoms with Crippen LogP contribution < -0.4 is 29.6 Å². The van der Waals surface area contributed by atoms with Crippen molar-refractivity contribution in [2.24, 2.45) is 0 Å². The van der Waals surface area contributed by atoms with E-state index >= 15 is 0 Å². The Balaban J connectivity index is 0.00000200. The van der Waals surface area contributed by atoms with Crippen molar-refractivity contribution in [1.29, 1.82) is 0 Å². The molecule has 110 valence electrons. The molecule has 4 nitrogen and oxygen atoms in total. The molecule has 2 N–H and O–H groups in total. The molecule has 0 unspecified atom stereocenters. The number of hydrogen-bond acceptors (Lipinski definition) is 3. The number of hydrogen-bond donors (Lipinski definition) is 1. The summed E-state index contributed by atoms with van der Waals surface area (Å²) in [6.07, 6.45) is 0.829. The second-order valence-electron chi connectivity index (χ2n) is 4.83. The average molecular weight is 410 g/mol. The molecule has 0 fully saturated rings. The van der Waals surface area contributed by atoms with Crippen LogP contribution in [0.15, 0.2) is 30.3 Å². The number of nitrogens with zero attached hydrogens (tertiary/aromatic N) is 1. The third kappa shape index (κ3) is 6.80. The van der Waals surface area contributed by atoms with E-state index in [1.807, 2.05) is 18.2 Å². The number of rotatable bonds is 6. The van der Waals surface area contributed by atoms with Crippen molar-refractivity contribution in [3.05, 3.63) is 51.1 Å². The molecule has 0 spiro atoms. The quantitative estimate of drug-likeness (QED) is 0.434. The zero-order valence-corrected chi connectivity index (χ0v) is 16.9. The first-order valence-corrected chi connectivity index (χ1v) is 7.60. The molecule has 0 atom stereocenters. The van der Waals surface area contributed by atoms with Crippen LogP contribution in [0.5, 0.6) is 0 Å². The van der Waals surface area contributed by atoms with Gasteiger partial charge in [0.1, 0.15) is 9.53 Å². The molecule has 1 aromatic carbocycles. The number of aromatic nitrogens is 2. The fourth-order valence-electron chi connectivity index (χ4n) is 1.85. The number of ether oxygens (including phenoxy) is 1. The summed E-state index contributed by atoms with van der Waals surface area (Å²) in [5.41, 5.74) is 2.43. The number of halogens is 1. The normalized spacial score (nSPS) is 10.1. The van der Waals surface area contributed by atoms with E-state index in [-0.39, 0.29) is 35.0 Å². The Bertz CT molecular complexity index is 518. The summed E-state index contributed by atoms with van der Waals surface area (Å²) < 4.78 is 6.75. The number of benzene rings is 1. The van der Waals surface area contributed by atoms with E-state index in [0.717, 1.165) is 15.9 Å². The van der Waals surface area contributed by atoms with E-state index in [4.69, 9.17) is 4.74 Å². The van der Waals surface area contributed by atoms with Gasteiger partial charge >= 0.3 is 29.6 Å². The van der Waals surface area contributed by atoms with Crippen LogP contribution in [-0.2, 0) is 17.8 Å². The van der Waals surface area contributed by atoms with E-state index in [1.54, 1.807) is 0 Å². The second-order valence-corrected chi connectivity index (χ2v) is 5.85. The Morgan fingerprint density at radius 2 is 1.90 bits per heavy atom. The minimum Gasteiger partial charge on any atom is -0.870 e. The second kappa shape index (κ2) is 10.7. The van der Waals surface area contributed by atoms with Gasteiger partial charge in [0, 0.05) is 6.42 Å². The molecule has 0 aliphatic rings. The molecular weight excluding hydrogens is 390 g/mol. The molecule has 0 radical (unpaired) electrons. The minimum absolute atomic E-state index is 0. The molecule has 0 saturated carbocycles. The van der Waals surface area contributed by atoms with Crippen molar-refractivity contribution in [2.75, 3.05) is 6.61 Å². The first-order chi connectivity index (χ1) is 9.16. The van der Waals surface area contributed by atoms with Gasteiger partial charge < -0.3 is 15.2 Å². The molecule has 0 aliphatic heterocycles. The van der Waals surface area contributed by atoms with Gasteiger partial charge in [-0.05, 0) is 34.1 Å². The largest absolute Gasteiger partial charge is 1.00 e. The third-order valence-electron chi connectivity index (χ3n) is 2.91. The van der Waals surface area contributed by atoms with E-state index in [1.165, 1.54) is 11.3 Å². The topological polar surface area (TPSA) is 67.9 Å². The van der Waals surface area contributed by atoms with Gasteiger partial charge in [-0.3, -0.25) is 0 Å². The molecule has 2 rings (SSSR count). The van der Waals surface area contributed by atoms with Crippen LogP contribution in [0.3, 0.4) is 0 Å². The molecule has 0 amide bonds. The SMILES string of the molecule is CC(C)c1[nH]c(CCOCc2ccccc2)nc1I.[Na+].[OH-]. The Morgan fingerprint density at radius 3 is 2.48 bits per heavy atom. The van der Waals surface area contributed by atoms with Gasteiger partial charge in [0.25, 0.3) is 0 Å². The molecular formula is C15H20IN2NaO2. The van der Waals surface area contributed by atoms with Gasteiger partial charge in [0.2, 0.25) is 0 Å². The van der Waals surface area contributed by atoms with Crippen molar-refractivity contribution in [3.8, 4) is 0 Å². The summed E-state index contributed by atoms with van der Waals surface area (Å²) in [6, 6.07) is 10.2. The molecule has 6 heteroatoms. The average Bonchev–Trinajstić information content (AvgIpc) is 2.77. The zero-order chi connectivity index (χ0) is 13.7. The van der Waals surface area contributed by atoms with Gasteiger partial charge in [-0.15, -0.1) is 0 Å². The fraction of sp³-hybridized carbons (Fsp3) is 0.400. The Kier molecular flexibility index (Phi) is 10.8. The van der Waals surface area contributed by atoms with Crippen LogP contribution in [0.1, 0.15) is 36.8 Å². The van der Waals surface area contributed by atoms with Gasteiger partial charge in [-0.1, -0.05) is 44.2 Å². The van der Waals surface area contributed by atoms with E-state index in [9.17, 15) is 0 Å². The maximum Gasteiger partial charge on any atom is 1.00 e. The summed E-state index contributed by atoms with van der Waals surface area (Å²) in [5.74, 6) is 1.50. The van der Waals surface area contributed by atoms with Gasteiger partial charge in [-0.2, -0.15) is 0 Å². The van der Waals surface area contributed by atoms with Crippen LogP contribution in [0, 0.1) is 3.70 Å². The third-order valence-corrected chi connectivity index (χ3v) is 3.73. The Labute approximate surface area is 161 Å². The molecule has 0 aliphatic carbocycles. The van der Waals surface area contributed by atoms with Gasteiger partial charge in [0.15, 0.2) is 0 Å². The number of aromatic amines is 1. The predicted molar refractivity (Wildman–Crippen MR) is 87.1 cm³/mol. The maximum absolute atomic E-state index is 5.67. The van der Waals surface area contributed by atoms with Crippen molar-refractivity contribution in [3.63, 3.8) is 0 Å². The van der Waals surface area contributed by atoms with Crippen LogP contribution in [0.25, 0.3) is 0 Å². The van der Waals surface area contributed by atoms with E-state index in [2.05, 4.69) is 58.5 Å². The minimum atomic E-state index is 0. The Morgan fingerprint density at radius 1 is 1.24 bits per heavy atom. The molecule has 0 saturated heterocycles. The predicted octanol–water partition coefficient (Wildman–Crippen LogP) is 0.724. The molecule has 1 aromatic heterocycles. The smallest absolute Gasteiger partial charge is 0.870 e. The fourth-order valence-corrected chi connectivity index (χ4v) is 2.90. The summed E-state index contributed by atoms with van der Waals surface area (Å²) >= 11 is 2.28. The van der Waals surface area contributed by atoms with Crippen LogP contribution in [-0.4, -0.2) is 22.1 Å². The standard InChI is InChI=1S/C15H19IN2O.Na.H2O/c1-11(2)14-15(16)18-13(17-14)8-9-19-10-12-6-4-3-5-7-12;;/h3-7,11H,8-10H2,1-2H3,(H,17,18);;1H2/q;+1;/p-1. The molecule has 1 heterocycles. The van der Waals surface area contributed by atoms with Gasteiger partial charge in [-0.25, -0.2) is 4.98 Å². The van der Waals surface area contributed by atoms with Crippen LogP contribution >= 0.6 is 22.6 Å². The van der Waals surface area contributed by atoms with Crippen molar-refractivity contribution >= 4 is 22.6 Å². The first-order valence-electron chi connectivity index (χ1n) is 6.52.